The standard InChI is InChI=1S/C20H16N4O3/c25-18-20(11-10-13-6-4-5-9-15(13)20)21-19(26)24(18)12-16-22-23-17(27-16)14-7-2-1-3-8-14/h1-9H,10-12H2,(H,21,26)/t20-/m0/s1. The van der Waals surface area contributed by atoms with Crippen molar-refractivity contribution in [3.63, 3.8) is 0 Å². The van der Waals surface area contributed by atoms with Crippen molar-refractivity contribution in [2.75, 3.05) is 0 Å². The molecule has 5 rings (SSSR count). The molecule has 1 aromatic heterocycles. The van der Waals surface area contributed by atoms with E-state index in [0.717, 1.165) is 28.0 Å². The number of urea groups is 1. The largest absolute Gasteiger partial charge is 0.419 e. The zero-order valence-electron chi connectivity index (χ0n) is 14.4. The van der Waals surface area contributed by atoms with Gasteiger partial charge in [-0.3, -0.25) is 9.69 Å². The summed E-state index contributed by atoms with van der Waals surface area (Å²) in [7, 11) is 0. The number of aromatic nitrogens is 2. The lowest BCUT2D eigenvalue weighted by atomic mass is 9.92. The van der Waals surface area contributed by atoms with Crippen LogP contribution in [-0.2, 0) is 23.3 Å². The summed E-state index contributed by atoms with van der Waals surface area (Å²) >= 11 is 0. The normalized spacial score (nSPS) is 21.0. The summed E-state index contributed by atoms with van der Waals surface area (Å²) in [6, 6.07) is 16.7. The van der Waals surface area contributed by atoms with Crippen LogP contribution in [0.3, 0.4) is 0 Å². The summed E-state index contributed by atoms with van der Waals surface area (Å²) in [4.78, 5) is 26.8. The van der Waals surface area contributed by atoms with E-state index >= 15 is 0 Å². The topological polar surface area (TPSA) is 88.3 Å². The van der Waals surface area contributed by atoms with Crippen LogP contribution in [0.4, 0.5) is 4.79 Å². The summed E-state index contributed by atoms with van der Waals surface area (Å²) in [5.41, 5.74) is 1.78. The van der Waals surface area contributed by atoms with Crippen LogP contribution >= 0.6 is 0 Å². The Bertz CT molecular complexity index is 1050. The molecule has 0 unspecified atom stereocenters. The van der Waals surface area contributed by atoms with Crippen LogP contribution in [0.15, 0.2) is 59.0 Å². The average molecular weight is 360 g/mol. The summed E-state index contributed by atoms with van der Waals surface area (Å²) in [5.74, 6) is 0.316. The first-order valence-corrected chi connectivity index (χ1v) is 8.78. The molecule has 0 bridgehead atoms. The van der Waals surface area contributed by atoms with Crippen LogP contribution in [-0.4, -0.2) is 27.0 Å². The van der Waals surface area contributed by atoms with E-state index in [0.29, 0.717) is 12.3 Å². The van der Waals surface area contributed by atoms with Gasteiger partial charge in [0.15, 0.2) is 0 Å². The Balaban J connectivity index is 1.42. The maximum absolute atomic E-state index is 13.1. The lowest BCUT2D eigenvalue weighted by Crippen LogP contribution is -2.41. The second-order valence-electron chi connectivity index (χ2n) is 6.75. The minimum absolute atomic E-state index is 0.0472. The Morgan fingerprint density at radius 2 is 1.81 bits per heavy atom. The molecular formula is C20H16N4O3. The second-order valence-corrected chi connectivity index (χ2v) is 6.75. The molecule has 3 aromatic rings. The quantitative estimate of drug-likeness (QED) is 0.726. The van der Waals surface area contributed by atoms with Crippen molar-refractivity contribution in [3.8, 4) is 11.5 Å². The highest BCUT2D eigenvalue weighted by atomic mass is 16.4. The molecule has 7 heteroatoms. The number of rotatable bonds is 3. The Hall–Kier alpha value is -3.48. The minimum Gasteiger partial charge on any atom is -0.419 e. The van der Waals surface area contributed by atoms with E-state index in [1.165, 1.54) is 0 Å². The summed E-state index contributed by atoms with van der Waals surface area (Å²) < 4.78 is 5.65. The first-order valence-electron chi connectivity index (χ1n) is 8.78. The monoisotopic (exact) mass is 360 g/mol. The van der Waals surface area contributed by atoms with Gasteiger partial charge in [0.1, 0.15) is 12.1 Å². The number of imide groups is 1. The van der Waals surface area contributed by atoms with Crippen molar-refractivity contribution in [1.29, 1.82) is 0 Å². The molecular weight excluding hydrogens is 344 g/mol. The predicted octanol–water partition coefficient (Wildman–Crippen LogP) is 2.63. The van der Waals surface area contributed by atoms with Gasteiger partial charge in [-0.25, -0.2) is 4.79 Å². The number of nitrogens with zero attached hydrogens (tertiary/aromatic N) is 3. The molecule has 1 spiro atoms. The number of aryl methyl sites for hydroxylation is 1. The summed E-state index contributed by atoms with van der Waals surface area (Å²) in [6.45, 7) is -0.0472. The highest BCUT2D eigenvalue weighted by Gasteiger charge is 2.55. The summed E-state index contributed by atoms with van der Waals surface area (Å²) in [6.07, 6.45) is 1.32. The third kappa shape index (κ3) is 2.35. The van der Waals surface area contributed by atoms with Crippen LogP contribution in [0.25, 0.3) is 11.5 Å². The van der Waals surface area contributed by atoms with Crippen LogP contribution in [0.1, 0.15) is 23.4 Å². The van der Waals surface area contributed by atoms with Gasteiger partial charge in [0.25, 0.3) is 5.91 Å². The van der Waals surface area contributed by atoms with Gasteiger partial charge < -0.3 is 9.73 Å². The van der Waals surface area contributed by atoms with Crippen LogP contribution < -0.4 is 5.32 Å². The van der Waals surface area contributed by atoms with Crippen LogP contribution in [0, 0.1) is 0 Å². The molecule has 2 aromatic carbocycles. The van der Waals surface area contributed by atoms with Gasteiger partial charge in [-0.05, 0) is 36.1 Å². The predicted molar refractivity (Wildman–Crippen MR) is 95.3 cm³/mol. The Morgan fingerprint density at radius 3 is 2.67 bits per heavy atom. The molecule has 1 aliphatic carbocycles. The minimum atomic E-state index is -0.976. The van der Waals surface area contributed by atoms with E-state index in [4.69, 9.17) is 4.42 Å². The smallest absolute Gasteiger partial charge is 0.325 e. The van der Waals surface area contributed by atoms with Gasteiger partial charge in [0.2, 0.25) is 11.8 Å². The number of hydrogen-bond acceptors (Lipinski definition) is 5. The highest BCUT2D eigenvalue weighted by Crippen LogP contribution is 2.41. The molecule has 2 aliphatic rings. The van der Waals surface area contributed by atoms with E-state index in [1.54, 1.807) is 0 Å². The molecule has 1 fully saturated rings. The molecule has 134 valence electrons. The van der Waals surface area contributed by atoms with Gasteiger partial charge in [-0.1, -0.05) is 42.5 Å². The lowest BCUT2D eigenvalue weighted by Gasteiger charge is -2.21. The number of carbonyl (C=O) groups is 2. The van der Waals surface area contributed by atoms with Gasteiger partial charge in [-0.2, -0.15) is 0 Å². The molecule has 0 saturated carbocycles. The fraction of sp³-hybridized carbons (Fsp3) is 0.200. The van der Waals surface area contributed by atoms with Crippen LogP contribution in [0.5, 0.6) is 0 Å². The molecule has 7 nitrogen and oxygen atoms in total. The van der Waals surface area contributed by atoms with Crippen molar-refractivity contribution in [1.82, 2.24) is 20.4 Å². The molecule has 3 amide bonds. The van der Waals surface area contributed by atoms with Crippen molar-refractivity contribution in [3.05, 3.63) is 71.6 Å². The fourth-order valence-corrected chi connectivity index (χ4v) is 3.88. The summed E-state index contributed by atoms with van der Waals surface area (Å²) in [5, 5.41) is 10.9. The SMILES string of the molecule is O=C1N[C@]2(CCc3ccccc32)C(=O)N1Cc1nnc(-c2ccccc2)o1. The fourth-order valence-electron chi connectivity index (χ4n) is 3.88. The molecule has 1 aliphatic heterocycles. The van der Waals surface area contributed by atoms with Gasteiger partial charge in [-0.15, -0.1) is 10.2 Å². The van der Waals surface area contributed by atoms with Crippen molar-refractivity contribution in [2.45, 2.75) is 24.9 Å². The van der Waals surface area contributed by atoms with E-state index in [-0.39, 0.29) is 18.3 Å². The number of fused-ring (bicyclic) bond motifs is 2. The maximum Gasteiger partial charge on any atom is 0.325 e. The number of hydrogen-bond donors (Lipinski definition) is 1. The maximum atomic E-state index is 13.1. The molecule has 1 saturated heterocycles. The van der Waals surface area contributed by atoms with Crippen LogP contribution in [0.2, 0.25) is 0 Å². The third-order valence-electron chi connectivity index (χ3n) is 5.20. The van der Waals surface area contributed by atoms with Gasteiger partial charge in [0, 0.05) is 5.56 Å². The Labute approximate surface area is 155 Å². The number of carbonyl (C=O) groups excluding carboxylic acids is 2. The van der Waals surface area contributed by atoms with E-state index in [2.05, 4.69) is 15.5 Å². The van der Waals surface area contributed by atoms with Crippen molar-refractivity contribution in [2.24, 2.45) is 0 Å². The number of nitrogens with one attached hydrogen (secondary N) is 1. The molecule has 1 atom stereocenters. The van der Waals surface area contributed by atoms with Gasteiger partial charge in [0.05, 0.1) is 0 Å². The van der Waals surface area contributed by atoms with Gasteiger partial charge >= 0.3 is 6.03 Å². The lowest BCUT2D eigenvalue weighted by molar-refractivity contribution is -0.132. The molecule has 2 heterocycles. The Kier molecular flexibility index (Phi) is 3.36. The van der Waals surface area contributed by atoms with Crippen molar-refractivity contribution < 1.29 is 14.0 Å². The molecule has 1 N–H and O–H groups in total. The zero-order chi connectivity index (χ0) is 18.4. The molecule has 27 heavy (non-hydrogen) atoms. The average Bonchev–Trinajstić information content (AvgIpc) is 3.38. The van der Waals surface area contributed by atoms with Crippen molar-refractivity contribution >= 4 is 11.9 Å². The Morgan fingerprint density at radius 1 is 1.04 bits per heavy atom. The third-order valence-corrected chi connectivity index (χ3v) is 5.20. The number of amides is 3. The first kappa shape index (κ1) is 15.7. The first-order chi connectivity index (χ1) is 13.2. The number of benzene rings is 2. The highest BCUT2D eigenvalue weighted by molar-refractivity contribution is 6.08. The second kappa shape index (κ2) is 5.77. The van der Waals surface area contributed by atoms with E-state index < -0.39 is 11.6 Å². The van der Waals surface area contributed by atoms with E-state index in [1.807, 2.05) is 54.6 Å². The molecule has 0 radical (unpaired) electrons. The zero-order valence-corrected chi connectivity index (χ0v) is 14.4. The van der Waals surface area contributed by atoms with E-state index in [9.17, 15) is 9.59 Å².